The van der Waals surface area contributed by atoms with Crippen LogP contribution in [0.3, 0.4) is 0 Å². The Kier molecular flexibility index (Phi) is 3.33. The van der Waals surface area contributed by atoms with E-state index in [1.54, 1.807) is 0 Å². The molecule has 0 unspecified atom stereocenters. The molecule has 7 heteroatoms. The van der Waals surface area contributed by atoms with Crippen LogP contribution in [-0.4, -0.2) is 16.5 Å². The first kappa shape index (κ1) is 11.3. The second-order valence-corrected chi connectivity index (χ2v) is 3.13. The summed E-state index contributed by atoms with van der Waals surface area (Å²) in [5.74, 6) is -0.512. The normalized spacial score (nSPS) is 11.5. The van der Waals surface area contributed by atoms with Crippen molar-refractivity contribution in [2.45, 2.75) is 13.0 Å². The first-order chi connectivity index (χ1) is 6.44. The first-order valence-corrected chi connectivity index (χ1v) is 4.23. The minimum atomic E-state index is -4.80. The van der Waals surface area contributed by atoms with Crippen molar-refractivity contribution in [2.24, 2.45) is 0 Å². The number of hydrogen-bond acceptors (Lipinski definition) is 3. The number of rotatable bonds is 2. The summed E-state index contributed by atoms with van der Waals surface area (Å²) in [5, 5.41) is 8.71. The number of aliphatic hydroxyl groups is 1. The van der Waals surface area contributed by atoms with Crippen molar-refractivity contribution >= 4 is 15.9 Å². The largest absolute Gasteiger partial charge is 0.573 e. The van der Waals surface area contributed by atoms with E-state index in [0.717, 1.165) is 0 Å². The van der Waals surface area contributed by atoms with Crippen molar-refractivity contribution in [2.75, 3.05) is 0 Å². The van der Waals surface area contributed by atoms with E-state index in [2.05, 4.69) is 25.7 Å². The smallest absolute Gasteiger partial charge is 0.403 e. The molecule has 0 saturated heterocycles. The second kappa shape index (κ2) is 4.14. The minimum Gasteiger partial charge on any atom is -0.403 e. The molecule has 1 rings (SSSR count). The van der Waals surface area contributed by atoms with Crippen molar-refractivity contribution in [1.29, 1.82) is 0 Å². The predicted molar refractivity (Wildman–Crippen MR) is 44.5 cm³/mol. The molecule has 1 aromatic rings. The Bertz CT molecular complexity index is 329. The van der Waals surface area contributed by atoms with E-state index in [1.807, 2.05) is 0 Å². The number of hydrogen-bond donors (Lipinski definition) is 1. The third-order valence-corrected chi connectivity index (χ3v) is 1.92. The van der Waals surface area contributed by atoms with Gasteiger partial charge >= 0.3 is 6.36 Å². The fourth-order valence-electron chi connectivity index (χ4n) is 0.801. The maximum Gasteiger partial charge on any atom is 0.573 e. The van der Waals surface area contributed by atoms with Gasteiger partial charge in [-0.05, 0) is 22.0 Å². The van der Waals surface area contributed by atoms with E-state index in [9.17, 15) is 13.2 Å². The molecule has 0 atom stereocenters. The number of aliphatic hydroxyl groups excluding tert-OH is 1. The topological polar surface area (TPSA) is 42.4 Å². The van der Waals surface area contributed by atoms with Gasteiger partial charge < -0.3 is 9.84 Å². The maximum absolute atomic E-state index is 11.9. The monoisotopic (exact) mass is 271 g/mol. The summed E-state index contributed by atoms with van der Waals surface area (Å²) in [6, 6.07) is 1.29. The molecule has 0 aliphatic heterocycles. The molecular weight excluding hydrogens is 267 g/mol. The fourth-order valence-corrected chi connectivity index (χ4v) is 1.23. The van der Waals surface area contributed by atoms with Crippen LogP contribution in [0.1, 0.15) is 5.69 Å². The summed E-state index contributed by atoms with van der Waals surface area (Å²) in [4.78, 5) is 3.54. The number of nitrogens with zero attached hydrogens (tertiary/aromatic N) is 1. The van der Waals surface area contributed by atoms with Crippen LogP contribution < -0.4 is 4.74 Å². The summed E-state index contributed by atoms with van der Waals surface area (Å²) in [7, 11) is 0. The quantitative estimate of drug-likeness (QED) is 0.897. The maximum atomic E-state index is 11.9. The van der Waals surface area contributed by atoms with Crippen molar-refractivity contribution in [3.05, 3.63) is 22.4 Å². The van der Waals surface area contributed by atoms with Gasteiger partial charge in [0.25, 0.3) is 0 Å². The van der Waals surface area contributed by atoms with E-state index in [1.165, 1.54) is 12.3 Å². The Labute approximate surface area is 85.7 Å². The molecule has 0 bridgehead atoms. The lowest BCUT2D eigenvalue weighted by Gasteiger charge is -2.12. The molecule has 0 spiro atoms. The van der Waals surface area contributed by atoms with Gasteiger partial charge in [-0.1, -0.05) is 0 Å². The Morgan fingerprint density at radius 1 is 1.50 bits per heavy atom. The van der Waals surface area contributed by atoms with Crippen molar-refractivity contribution in [1.82, 2.24) is 4.98 Å². The first-order valence-electron chi connectivity index (χ1n) is 3.44. The highest BCUT2D eigenvalue weighted by Gasteiger charge is 2.33. The lowest BCUT2D eigenvalue weighted by atomic mass is 10.3. The van der Waals surface area contributed by atoms with Crippen molar-refractivity contribution in [3.63, 3.8) is 0 Å². The standard InChI is InChI=1S/C7H5BrF3NO2/c8-4-1-2-12-5(3-13)6(4)14-7(9,10)11/h1-2,13H,3H2. The molecule has 3 nitrogen and oxygen atoms in total. The number of pyridine rings is 1. The van der Waals surface area contributed by atoms with Gasteiger partial charge in [0.2, 0.25) is 0 Å². The van der Waals surface area contributed by atoms with E-state index < -0.39 is 18.7 Å². The molecule has 1 heterocycles. The summed E-state index contributed by atoms with van der Waals surface area (Å²) in [6.45, 7) is -0.620. The van der Waals surface area contributed by atoms with E-state index in [4.69, 9.17) is 5.11 Å². The highest BCUT2D eigenvalue weighted by molar-refractivity contribution is 9.10. The number of halogens is 4. The van der Waals surface area contributed by atoms with Crippen molar-refractivity contribution < 1.29 is 23.0 Å². The molecule has 1 aromatic heterocycles. The van der Waals surface area contributed by atoms with Crippen LogP contribution in [0.2, 0.25) is 0 Å². The van der Waals surface area contributed by atoms with Gasteiger partial charge in [-0.3, -0.25) is 4.98 Å². The van der Waals surface area contributed by atoms with E-state index >= 15 is 0 Å². The lowest BCUT2D eigenvalue weighted by Crippen LogP contribution is -2.18. The van der Waals surface area contributed by atoms with Gasteiger partial charge in [0, 0.05) is 6.20 Å². The second-order valence-electron chi connectivity index (χ2n) is 2.27. The molecule has 0 aromatic carbocycles. The van der Waals surface area contributed by atoms with Crippen LogP contribution in [0, 0.1) is 0 Å². The van der Waals surface area contributed by atoms with Gasteiger partial charge in [0.05, 0.1) is 11.1 Å². The Morgan fingerprint density at radius 3 is 2.64 bits per heavy atom. The van der Waals surface area contributed by atoms with E-state index in [0.29, 0.717) is 0 Å². The third kappa shape index (κ3) is 2.85. The van der Waals surface area contributed by atoms with E-state index in [-0.39, 0.29) is 10.2 Å². The molecule has 0 aliphatic carbocycles. The fraction of sp³-hybridized carbons (Fsp3) is 0.286. The molecule has 0 aliphatic rings. The third-order valence-electron chi connectivity index (χ3n) is 1.30. The van der Waals surface area contributed by atoms with Crippen molar-refractivity contribution in [3.8, 4) is 5.75 Å². The van der Waals surface area contributed by atoms with Gasteiger partial charge in [0.1, 0.15) is 5.69 Å². The molecule has 1 N–H and O–H groups in total. The zero-order valence-electron chi connectivity index (χ0n) is 6.68. The molecule has 0 saturated carbocycles. The molecule has 0 radical (unpaired) electrons. The Balaban J connectivity index is 3.05. The Hall–Kier alpha value is -0.820. The molecule has 0 fully saturated rings. The average molecular weight is 272 g/mol. The van der Waals surface area contributed by atoms with Crippen LogP contribution in [0.15, 0.2) is 16.7 Å². The predicted octanol–water partition coefficient (Wildman–Crippen LogP) is 2.24. The van der Waals surface area contributed by atoms with Gasteiger partial charge in [-0.2, -0.15) is 0 Å². The number of ether oxygens (including phenoxy) is 1. The van der Waals surface area contributed by atoms with Gasteiger partial charge in [-0.25, -0.2) is 0 Å². The summed E-state index contributed by atoms with van der Waals surface area (Å²) in [5.41, 5.74) is -0.170. The van der Waals surface area contributed by atoms with Crippen LogP contribution in [0.5, 0.6) is 5.75 Å². The van der Waals surface area contributed by atoms with Crippen LogP contribution in [0.25, 0.3) is 0 Å². The highest BCUT2D eigenvalue weighted by atomic mass is 79.9. The molecular formula is C7H5BrF3NO2. The zero-order valence-corrected chi connectivity index (χ0v) is 8.26. The summed E-state index contributed by atoms with van der Waals surface area (Å²) < 4.78 is 39.4. The zero-order chi connectivity index (χ0) is 10.8. The number of aromatic nitrogens is 1. The molecule has 0 amide bonds. The SMILES string of the molecule is OCc1nccc(Br)c1OC(F)(F)F. The summed E-state index contributed by atoms with van der Waals surface area (Å²) >= 11 is 2.86. The lowest BCUT2D eigenvalue weighted by molar-refractivity contribution is -0.275. The van der Waals surface area contributed by atoms with Gasteiger partial charge in [-0.15, -0.1) is 13.2 Å². The van der Waals surface area contributed by atoms with Crippen LogP contribution >= 0.6 is 15.9 Å². The molecule has 14 heavy (non-hydrogen) atoms. The summed E-state index contributed by atoms with van der Waals surface area (Å²) in [6.07, 6.45) is -3.53. The molecule has 78 valence electrons. The van der Waals surface area contributed by atoms with Crippen LogP contribution in [0.4, 0.5) is 13.2 Å². The minimum absolute atomic E-state index is 0.0916. The number of alkyl halides is 3. The Morgan fingerprint density at radius 2 is 2.14 bits per heavy atom. The van der Waals surface area contributed by atoms with Crippen LogP contribution in [-0.2, 0) is 6.61 Å². The average Bonchev–Trinajstić information content (AvgIpc) is 2.06. The highest BCUT2D eigenvalue weighted by Crippen LogP contribution is 2.32. The van der Waals surface area contributed by atoms with Gasteiger partial charge in [0.15, 0.2) is 5.75 Å².